The lowest BCUT2D eigenvalue weighted by molar-refractivity contribution is -0.138. The highest BCUT2D eigenvalue weighted by molar-refractivity contribution is 7.13. The highest BCUT2D eigenvalue weighted by atomic mass is 35.5. The van der Waals surface area contributed by atoms with E-state index in [9.17, 15) is 18.0 Å². The van der Waals surface area contributed by atoms with Crippen molar-refractivity contribution in [1.29, 1.82) is 0 Å². The van der Waals surface area contributed by atoms with Crippen molar-refractivity contribution in [1.82, 2.24) is 9.97 Å². The van der Waals surface area contributed by atoms with Crippen LogP contribution in [0.1, 0.15) is 47.2 Å². The van der Waals surface area contributed by atoms with Gasteiger partial charge < -0.3 is 5.11 Å². The molecule has 2 heterocycles. The van der Waals surface area contributed by atoms with E-state index in [1.807, 2.05) is 36.4 Å². The molecule has 1 aliphatic rings. The van der Waals surface area contributed by atoms with E-state index in [0.717, 1.165) is 70.3 Å². The Morgan fingerprint density at radius 3 is 2.21 bits per heavy atom. The minimum atomic E-state index is -4.55. The van der Waals surface area contributed by atoms with Crippen LogP contribution in [-0.4, -0.2) is 21.0 Å². The first-order chi connectivity index (χ1) is 18.7. The highest BCUT2D eigenvalue weighted by Crippen LogP contribution is 2.47. The maximum absolute atomic E-state index is 13.4. The molecule has 5 rings (SSSR count). The maximum Gasteiger partial charge on any atom is 0.417 e. The monoisotopic (exact) mass is 566 g/mol. The number of nitrogens with zero attached hydrogens (tertiary/aromatic N) is 2. The zero-order valence-electron chi connectivity index (χ0n) is 20.5. The molecule has 2 aromatic heterocycles. The fourth-order valence-corrected chi connectivity index (χ4v) is 5.47. The van der Waals surface area contributed by atoms with Crippen molar-refractivity contribution in [3.8, 4) is 10.4 Å². The molecule has 0 aliphatic heterocycles. The molecular weight excluding hydrogens is 545 g/mol. The van der Waals surface area contributed by atoms with E-state index in [2.05, 4.69) is 9.97 Å². The summed E-state index contributed by atoms with van der Waals surface area (Å²) in [6.45, 7) is 0. The molecule has 4 nitrogen and oxygen atoms in total. The highest BCUT2D eigenvalue weighted by Gasteiger charge is 2.34. The summed E-state index contributed by atoms with van der Waals surface area (Å²) in [6.07, 6.45) is 3.39. The number of halogens is 4. The van der Waals surface area contributed by atoms with Gasteiger partial charge >= 0.3 is 12.1 Å². The Bertz CT molecular complexity index is 1540. The zero-order valence-corrected chi connectivity index (χ0v) is 22.0. The van der Waals surface area contributed by atoms with E-state index >= 15 is 0 Å². The number of carboxylic acid groups (broad SMARTS) is 1. The van der Waals surface area contributed by atoms with Gasteiger partial charge in [0.05, 0.1) is 26.7 Å². The van der Waals surface area contributed by atoms with Crippen molar-refractivity contribution in [3.05, 3.63) is 112 Å². The predicted octanol–water partition coefficient (Wildman–Crippen LogP) is 8.73. The molecule has 0 atom stereocenters. The molecule has 0 amide bonds. The number of alkyl halides is 3. The lowest BCUT2D eigenvalue weighted by atomic mass is 9.74. The summed E-state index contributed by atoms with van der Waals surface area (Å²) < 4.78 is 40.1. The summed E-state index contributed by atoms with van der Waals surface area (Å²) in [7, 11) is 0. The van der Waals surface area contributed by atoms with Crippen LogP contribution in [0.2, 0.25) is 5.02 Å². The molecule has 1 N–H and O–H groups in total. The van der Waals surface area contributed by atoms with Gasteiger partial charge in [0.25, 0.3) is 0 Å². The molecule has 1 aliphatic carbocycles. The fourth-order valence-electron chi connectivity index (χ4n) is 4.57. The third-order valence-electron chi connectivity index (χ3n) is 6.71. The Kier molecular flexibility index (Phi) is 7.68. The first kappa shape index (κ1) is 26.8. The number of thiazole rings is 1. The summed E-state index contributed by atoms with van der Waals surface area (Å²) in [4.78, 5) is 20.4. The van der Waals surface area contributed by atoms with Crippen LogP contribution >= 0.6 is 22.9 Å². The van der Waals surface area contributed by atoms with Crippen LogP contribution in [0.15, 0.2) is 78.6 Å². The smallest absolute Gasteiger partial charge is 0.417 e. The van der Waals surface area contributed by atoms with E-state index in [1.165, 1.54) is 17.4 Å². The maximum atomic E-state index is 13.4. The first-order valence-corrected chi connectivity index (χ1v) is 13.4. The molecule has 2 aromatic carbocycles. The van der Waals surface area contributed by atoms with Crippen LogP contribution < -0.4 is 0 Å². The lowest BCUT2D eigenvalue weighted by Crippen LogP contribution is -2.17. The van der Waals surface area contributed by atoms with Crippen LogP contribution in [-0.2, 0) is 11.0 Å². The number of pyridine rings is 1. The molecule has 198 valence electrons. The summed E-state index contributed by atoms with van der Waals surface area (Å²) >= 11 is 8.03. The molecule has 9 heteroatoms. The van der Waals surface area contributed by atoms with Crippen molar-refractivity contribution in [2.24, 2.45) is 5.92 Å². The molecular formula is C30H22ClF3N2O2S. The van der Waals surface area contributed by atoms with Crippen LogP contribution in [0, 0.1) is 5.92 Å². The van der Waals surface area contributed by atoms with Gasteiger partial charge in [0.2, 0.25) is 0 Å². The number of carbonyl (C=O) groups is 1. The lowest BCUT2D eigenvalue weighted by Gasteiger charge is -2.31. The number of aliphatic carboxylic acids is 1. The topological polar surface area (TPSA) is 63.1 Å². The van der Waals surface area contributed by atoms with Crippen LogP contribution in [0.3, 0.4) is 0 Å². The van der Waals surface area contributed by atoms with E-state index in [-0.39, 0.29) is 10.9 Å². The third-order valence-corrected chi connectivity index (χ3v) is 7.82. The molecule has 0 bridgehead atoms. The second-order valence-corrected chi connectivity index (χ2v) is 10.5. The Hall–Kier alpha value is -3.75. The average molecular weight is 567 g/mol. The second kappa shape index (κ2) is 11.2. The number of hydrogen-bond donors (Lipinski definition) is 1. The summed E-state index contributed by atoms with van der Waals surface area (Å²) in [5.41, 5.74) is 6.26. The summed E-state index contributed by atoms with van der Waals surface area (Å²) in [5.74, 6) is -0.967. The Morgan fingerprint density at radius 1 is 1.03 bits per heavy atom. The predicted molar refractivity (Wildman–Crippen MR) is 148 cm³/mol. The number of hydrogen-bond acceptors (Lipinski definition) is 4. The van der Waals surface area contributed by atoms with Crippen LogP contribution in [0.25, 0.3) is 27.7 Å². The van der Waals surface area contributed by atoms with E-state index in [0.29, 0.717) is 11.3 Å². The summed E-state index contributed by atoms with van der Waals surface area (Å²) in [5, 5.41) is 8.91. The van der Waals surface area contributed by atoms with E-state index in [1.54, 1.807) is 23.8 Å². The van der Waals surface area contributed by atoms with E-state index in [4.69, 9.17) is 16.7 Å². The zero-order chi connectivity index (χ0) is 27.6. The third kappa shape index (κ3) is 5.97. The van der Waals surface area contributed by atoms with E-state index < -0.39 is 17.7 Å². The number of aromatic nitrogens is 2. The van der Waals surface area contributed by atoms with Crippen molar-refractivity contribution in [3.63, 3.8) is 0 Å². The SMILES string of the molecule is O=C(O)/C=C/c1ccc(/C(=C(\c2ncc(C(F)(F)F)cc2Cl)C2CCC2)c2ccc(-c3cncs3)cc2)cc1. The molecule has 0 radical (unpaired) electrons. The first-order valence-electron chi connectivity index (χ1n) is 12.2. The van der Waals surface area contributed by atoms with Gasteiger partial charge in [-0.2, -0.15) is 13.2 Å². The minimum Gasteiger partial charge on any atom is -0.478 e. The summed E-state index contributed by atoms with van der Waals surface area (Å²) in [6, 6.07) is 16.3. The van der Waals surface area contributed by atoms with Crippen molar-refractivity contribution in [2.45, 2.75) is 25.4 Å². The molecule has 1 fully saturated rings. The minimum absolute atomic E-state index is 0.0495. The molecule has 0 unspecified atom stereocenters. The van der Waals surface area contributed by atoms with Gasteiger partial charge in [-0.3, -0.25) is 9.97 Å². The molecule has 4 aromatic rings. The van der Waals surface area contributed by atoms with Crippen LogP contribution in [0.4, 0.5) is 13.2 Å². The van der Waals surface area contributed by atoms with Crippen molar-refractivity contribution >= 4 is 46.1 Å². The molecule has 39 heavy (non-hydrogen) atoms. The van der Waals surface area contributed by atoms with Crippen molar-refractivity contribution < 1.29 is 23.1 Å². The Labute approximate surface area is 232 Å². The fraction of sp³-hybridized carbons (Fsp3) is 0.167. The van der Waals surface area contributed by atoms with Crippen LogP contribution in [0.5, 0.6) is 0 Å². The molecule has 0 saturated heterocycles. The Morgan fingerprint density at radius 2 is 1.69 bits per heavy atom. The number of allylic oxidation sites excluding steroid dienone is 1. The Balaban J connectivity index is 1.70. The number of rotatable bonds is 7. The van der Waals surface area contributed by atoms with Gasteiger partial charge in [0.1, 0.15) is 0 Å². The quantitative estimate of drug-likeness (QED) is 0.227. The molecule has 1 saturated carbocycles. The van der Waals surface area contributed by atoms with Crippen molar-refractivity contribution in [2.75, 3.05) is 0 Å². The number of benzene rings is 2. The second-order valence-electron chi connectivity index (χ2n) is 9.21. The van der Waals surface area contributed by atoms with Gasteiger partial charge in [0, 0.05) is 18.5 Å². The standard InChI is InChI=1S/C30H22ClF3N2O2S/c31-24-14-23(30(32,33)34)15-36-29(24)28(20-2-1-3-20)27(21-7-4-18(5-8-21)6-13-26(37)38)22-11-9-19(10-12-22)25-16-35-17-39-25/h4-17,20H,1-3H2,(H,37,38)/b13-6+,28-27+. The van der Waals surface area contributed by atoms with Gasteiger partial charge in [-0.1, -0.05) is 66.6 Å². The van der Waals surface area contributed by atoms with Gasteiger partial charge in [-0.25, -0.2) is 4.79 Å². The van der Waals surface area contributed by atoms with Gasteiger partial charge in [-0.05, 0) is 64.3 Å². The number of carboxylic acids is 1. The average Bonchev–Trinajstić information content (AvgIpc) is 3.42. The molecule has 0 spiro atoms. The largest absolute Gasteiger partial charge is 0.478 e. The van der Waals surface area contributed by atoms with Gasteiger partial charge in [0.15, 0.2) is 0 Å². The van der Waals surface area contributed by atoms with Gasteiger partial charge in [-0.15, -0.1) is 11.3 Å². The normalized spacial score (nSPS) is 14.8.